The molecular weight excluding hydrogens is 426 g/mol. The number of fused-ring (bicyclic) bond motifs is 4. The number of nitrogens with one attached hydrogen (secondary N) is 1. The van der Waals surface area contributed by atoms with Crippen molar-refractivity contribution in [3.63, 3.8) is 0 Å². The summed E-state index contributed by atoms with van der Waals surface area (Å²) in [7, 11) is 0. The molecule has 9 heteroatoms. The zero-order valence-corrected chi connectivity index (χ0v) is 19.0. The van der Waals surface area contributed by atoms with Crippen molar-refractivity contribution in [1.29, 1.82) is 0 Å². The number of aromatic nitrogens is 6. The minimum absolute atomic E-state index is 0. The third-order valence-electron chi connectivity index (χ3n) is 6.73. The van der Waals surface area contributed by atoms with Crippen LogP contribution in [0.3, 0.4) is 0 Å². The maximum atomic E-state index is 13.4. The molecule has 1 aromatic carbocycles. The smallest absolute Gasteiger partial charge is 0.331 e. The lowest BCUT2D eigenvalue weighted by molar-refractivity contribution is 0.526. The van der Waals surface area contributed by atoms with Crippen LogP contribution in [0.2, 0.25) is 0 Å². The number of nitrogens with zero attached hydrogens (tertiary/aromatic N) is 6. The van der Waals surface area contributed by atoms with Gasteiger partial charge in [-0.05, 0) is 31.4 Å². The second kappa shape index (κ2) is 8.24. The summed E-state index contributed by atoms with van der Waals surface area (Å²) in [4.78, 5) is 27.7. The minimum Gasteiger partial charge on any atom is -0.363 e. The molecule has 6 rings (SSSR count). The van der Waals surface area contributed by atoms with Crippen LogP contribution in [0, 0.1) is 0 Å². The van der Waals surface area contributed by atoms with Gasteiger partial charge in [-0.15, -0.1) is 12.4 Å². The van der Waals surface area contributed by atoms with Crippen molar-refractivity contribution < 1.29 is 0 Å². The molecule has 1 atom stereocenters. The van der Waals surface area contributed by atoms with E-state index in [1.54, 1.807) is 0 Å². The third kappa shape index (κ3) is 3.28. The lowest BCUT2D eigenvalue weighted by Crippen LogP contribution is -2.32. The van der Waals surface area contributed by atoms with E-state index in [-0.39, 0.29) is 24.1 Å². The Morgan fingerprint density at radius 3 is 2.78 bits per heavy atom. The molecule has 0 spiro atoms. The fourth-order valence-electron chi connectivity index (χ4n) is 5.22. The molecule has 4 heterocycles. The lowest BCUT2D eigenvalue weighted by Gasteiger charge is -2.13. The van der Waals surface area contributed by atoms with Crippen LogP contribution < -0.4 is 11.0 Å². The molecule has 1 aromatic heterocycles. The zero-order valence-electron chi connectivity index (χ0n) is 18.2. The molecule has 32 heavy (non-hydrogen) atoms. The third-order valence-corrected chi connectivity index (χ3v) is 6.73. The van der Waals surface area contributed by atoms with Crippen LogP contribution in [0.1, 0.15) is 50.8 Å². The number of benzene rings is 1. The summed E-state index contributed by atoms with van der Waals surface area (Å²) in [5.41, 5.74) is 2.94. The van der Waals surface area contributed by atoms with Crippen molar-refractivity contribution in [2.75, 3.05) is 5.32 Å². The summed E-state index contributed by atoms with van der Waals surface area (Å²) < 4.78 is 5.83. The van der Waals surface area contributed by atoms with Crippen molar-refractivity contribution in [2.24, 2.45) is 0 Å². The molecule has 1 saturated carbocycles. The summed E-state index contributed by atoms with van der Waals surface area (Å²) in [5, 5.41) is 3.59. The van der Waals surface area contributed by atoms with Crippen LogP contribution in [0.4, 0.5) is 5.82 Å². The zero-order chi connectivity index (χ0) is 20.9. The van der Waals surface area contributed by atoms with Crippen molar-refractivity contribution in [3.05, 3.63) is 46.9 Å². The van der Waals surface area contributed by atoms with Gasteiger partial charge in [0.05, 0.1) is 29.9 Å². The molecule has 0 radical (unpaired) electrons. The predicted octanol–water partition coefficient (Wildman–Crippen LogP) is 3.88. The number of rotatable bonds is 5. The fourth-order valence-corrected chi connectivity index (χ4v) is 5.22. The van der Waals surface area contributed by atoms with E-state index in [4.69, 9.17) is 9.97 Å². The largest absolute Gasteiger partial charge is 0.363 e. The van der Waals surface area contributed by atoms with E-state index in [1.165, 1.54) is 12.8 Å². The average molecular weight is 454 g/mol. The van der Waals surface area contributed by atoms with Crippen LogP contribution in [0.15, 0.2) is 35.4 Å². The van der Waals surface area contributed by atoms with Gasteiger partial charge >= 0.3 is 5.69 Å². The van der Waals surface area contributed by atoms with E-state index >= 15 is 0 Å². The lowest BCUT2D eigenvalue weighted by atomic mass is 10.1. The van der Waals surface area contributed by atoms with Gasteiger partial charge in [0, 0.05) is 19.0 Å². The van der Waals surface area contributed by atoms with Crippen molar-refractivity contribution >= 4 is 29.3 Å². The number of hydrogen-bond donors (Lipinski definition) is 1. The highest BCUT2D eigenvalue weighted by Crippen LogP contribution is 2.37. The van der Waals surface area contributed by atoms with Gasteiger partial charge in [-0.25, -0.2) is 19.7 Å². The highest BCUT2D eigenvalue weighted by Gasteiger charge is 2.33. The van der Waals surface area contributed by atoms with E-state index in [2.05, 4.69) is 27.9 Å². The molecule has 1 N–H and O–H groups in total. The first-order valence-corrected chi connectivity index (χ1v) is 11.4. The van der Waals surface area contributed by atoms with Gasteiger partial charge in [0.1, 0.15) is 17.3 Å². The predicted molar refractivity (Wildman–Crippen MR) is 127 cm³/mol. The van der Waals surface area contributed by atoms with Gasteiger partial charge in [0.15, 0.2) is 5.82 Å². The van der Waals surface area contributed by atoms with Crippen LogP contribution in [-0.2, 0) is 19.6 Å². The van der Waals surface area contributed by atoms with Gasteiger partial charge < -0.3 is 9.88 Å². The Morgan fingerprint density at radius 2 is 1.97 bits per heavy atom. The molecule has 168 valence electrons. The second-order valence-corrected chi connectivity index (χ2v) is 8.86. The van der Waals surface area contributed by atoms with Crippen LogP contribution in [-0.4, -0.2) is 34.7 Å². The van der Waals surface area contributed by atoms with E-state index in [1.807, 2.05) is 33.7 Å². The normalized spacial score (nSPS) is 18.2. The molecule has 2 aromatic rings. The molecule has 0 amide bonds. The first-order chi connectivity index (χ1) is 15.2. The Kier molecular flexibility index (Phi) is 5.41. The minimum atomic E-state index is 0. The van der Waals surface area contributed by atoms with E-state index in [9.17, 15) is 4.79 Å². The molecule has 1 unspecified atom stereocenters. The number of anilines is 1. The van der Waals surface area contributed by atoms with Crippen molar-refractivity contribution in [3.8, 4) is 11.5 Å². The van der Waals surface area contributed by atoms with Crippen LogP contribution in [0.5, 0.6) is 0 Å². The molecular formula is C23H28ClN7O. The second-order valence-electron chi connectivity index (χ2n) is 8.86. The topological polar surface area (TPSA) is 82.6 Å². The van der Waals surface area contributed by atoms with Crippen molar-refractivity contribution in [1.82, 2.24) is 28.7 Å². The molecule has 0 saturated heterocycles. The van der Waals surface area contributed by atoms with Crippen LogP contribution >= 0.6 is 12.4 Å². The van der Waals surface area contributed by atoms with Crippen LogP contribution in [0.25, 0.3) is 22.6 Å². The number of imidazole rings is 2. The van der Waals surface area contributed by atoms with Gasteiger partial charge in [-0.2, -0.15) is 0 Å². The van der Waals surface area contributed by atoms with Gasteiger partial charge in [-0.3, -0.25) is 9.13 Å². The summed E-state index contributed by atoms with van der Waals surface area (Å²) in [6.45, 7) is 4.11. The Morgan fingerprint density at radius 1 is 1.16 bits per heavy atom. The highest BCUT2D eigenvalue weighted by molar-refractivity contribution is 5.85. The van der Waals surface area contributed by atoms with Gasteiger partial charge in [0.25, 0.3) is 0 Å². The highest BCUT2D eigenvalue weighted by atomic mass is 35.5. The molecule has 0 bridgehead atoms. The number of para-hydroxylation sites is 2. The van der Waals surface area contributed by atoms with E-state index in [0.29, 0.717) is 19.0 Å². The SMILES string of the molecule is CCCn1c2nc(C3CCCC3)nc-2c2n(c1=O)CC(Cn1cnc3ccccc31)N2.Cl. The molecule has 1 fully saturated rings. The van der Waals surface area contributed by atoms with Crippen molar-refractivity contribution in [2.45, 2.75) is 70.6 Å². The Bertz CT molecular complexity index is 1280. The Labute approximate surface area is 192 Å². The first-order valence-electron chi connectivity index (χ1n) is 11.4. The van der Waals surface area contributed by atoms with E-state index in [0.717, 1.165) is 60.0 Å². The summed E-state index contributed by atoms with van der Waals surface area (Å²) in [6, 6.07) is 8.23. The monoisotopic (exact) mass is 453 g/mol. The number of hydrogen-bond acceptors (Lipinski definition) is 5. The quantitative estimate of drug-likeness (QED) is 0.496. The standard InChI is InChI=1S/C23H27N7O.ClH/c1-2-11-29-22-19(26-20(27-22)15-7-3-4-8-15)21-25-16(13-30(21)23(29)31)12-28-14-24-17-9-5-6-10-18(17)28;/h5-6,9-10,14-16,25H,2-4,7-8,11-13H2,1H3;1H. The summed E-state index contributed by atoms with van der Waals surface area (Å²) in [6.07, 6.45) is 7.54. The van der Waals surface area contributed by atoms with E-state index < -0.39 is 0 Å². The summed E-state index contributed by atoms with van der Waals surface area (Å²) >= 11 is 0. The fraction of sp³-hybridized carbons (Fsp3) is 0.478. The first kappa shape index (κ1) is 21.0. The molecule has 3 aliphatic heterocycles. The maximum Gasteiger partial charge on any atom is 0.331 e. The van der Waals surface area contributed by atoms with Gasteiger partial charge in [-0.1, -0.05) is 31.9 Å². The molecule has 4 aliphatic rings. The number of halogens is 1. The average Bonchev–Trinajstić information content (AvgIpc) is 3.56. The van der Waals surface area contributed by atoms with Gasteiger partial charge in [0.2, 0.25) is 0 Å². The Balaban J connectivity index is 0.00000216. The Hall–Kier alpha value is -2.87. The molecule has 1 aliphatic carbocycles. The molecule has 8 nitrogen and oxygen atoms in total. The maximum absolute atomic E-state index is 13.4. The summed E-state index contributed by atoms with van der Waals surface area (Å²) in [5.74, 6) is 2.89.